The van der Waals surface area contributed by atoms with Gasteiger partial charge in [-0.1, -0.05) is 19.1 Å². The van der Waals surface area contributed by atoms with Crippen LogP contribution in [0.1, 0.15) is 72.8 Å². The van der Waals surface area contributed by atoms with Crippen LogP contribution in [0.15, 0.2) is 30.5 Å². The van der Waals surface area contributed by atoms with Crippen molar-refractivity contribution in [2.24, 2.45) is 0 Å². The Labute approximate surface area is 146 Å². The Morgan fingerprint density at radius 3 is 2.68 bits per heavy atom. The predicted molar refractivity (Wildman–Crippen MR) is 92.9 cm³/mol. The van der Waals surface area contributed by atoms with Crippen LogP contribution in [0.2, 0.25) is 0 Å². The van der Waals surface area contributed by atoms with E-state index in [9.17, 15) is 14.3 Å². The van der Waals surface area contributed by atoms with Crippen LogP contribution >= 0.6 is 0 Å². The van der Waals surface area contributed by atoms with Gasteiger partial charge in [0.25, 0.3) is 5.91 Å². The van der Waals surface area contributed by atoms with Gasteiger partial charge in [-0.05, 0) is 43.9 Å². The summed E-state index contributed by atoms with van der Waals surface area (Å²) in [6, 6.07) is 5.87. The zero-order valence-corrected chi connectivity index (χ0v) is 14.6. The molecule has 134 valence electrons. The first-order valence-electron chi connectivity index (χ1n) is 8.80. The van der Waals surface area contributed by atoms with E-state index in [-0.39, 0.29) is 24.3 Å². The van der Waals surface area contributed by atoms with Crippen molar-refractivity contribution >= 4 is 5.91 Å². The highest BCUT2D eigenvalue weighted by Crippen LogP contribution is 2.42. The summed E-state index contributed by atoms with van der Waals surface area (Å²) in [6.45, 7) is 4.27. The normalized spacial score (nSPS) is 16.5. The molecular weight excluding hydrogens is 321 g/mol. The van der Waals surface area contributed by atoms with Gasteiger partial charge in [0.1, 0.15) is 5.82 Å². The number of nitrogens with zero attached hydrogens (tertiary/aromatic N) is 2. The van der Waals surface area contributed by atoms with Gasteiger partial charge in [0.05, 0.1) is 23.6 Å². The molecule has 1 fully saturated rings. The van der Waals surface area contributed by atoms with Gasteiger partial charge in [0.15, 0.2) is 0 Å². The van der Waals surface area contributed by atoms with Crippen LogP contribution in [0.4, 0.5) is 4.39 Å². The average Bonchev–Trinajstić information content (AvgIpc) is 3.37. The van der Waals surface area contributed by atoms with E-state index in [4.69, 9.17) is 0 Å². The molecule has 1 heterocycles. The molecule has 0 aliphatic heterocycles. The number of carbonyl (C=O) groups excluding carboxylic acids is 1. The molecule has 5 nitrogen and oxygen atoms in total. The van der Waals surface area contributed by atoms with Crippen LogP contribution < -0.4 is 5.32 Å². The molecule has 0 saturated heterocycles. The first kappa shape index (κ1) is 17.6. The molecule has 2 aromatic rings. The highest BCUT2D eigenvalue weighted by atomic mass is 19.1. The number of rotatable bonds is 7. The third kappa shape index (κ3) is 3.90. The number of hydrogen-bond donors (Lipinski definition) is 2. The quantitative estimate of drug-likeness (QED) is 0.809. The summed E-state index contributed by atoms with van der Waals surface area (Å²) in [4.78, 5) is 12.6. The van der Waals surface area contributed by atoms with Crippen molar-refractivity contribution < 1.29 is 14.3 Å². The molecule has 0 radical (unpaired) electrons. The summed E-state index contributed by atoms with van der Waals surface area (Å²) in [5.74, 6) is -0.177. The van der Waals surface area contributed by atoms with E-state index in [0.717, 1.165) is 25.0 Å². The van der Waals surface area contributed by atoms with E-state index in [2.05, 4.69) is 24.3 Å². The molecule has 1 aromatic carbocycles. The maximum absolute atomic E-state index is 12.9. The molecule has 3 rings (SSSR count). The van der Waals surface area contributed by atoms with Gasteiger partial charge in [0, 0.05) is 18.5 Å². The summed E-state index contributed by atoms with van der Waals surface area (Å²) in [5, 5.41) is 17.4. The van der Waals surface area contributed by atoms with Gasteiger partial charge in [0.2, 0.25) is 0 Å². The summed E-state index contributed by atoms with van der Waals surface area (Å²) in [7, 11) is 0. The van der Waals surface area contributed by atoms with E-state index < -0.39 is 6.10 Å². The summed E-state index contributed by atoms with van der Waals surface area (Å²) >= 11 is 0. The topological polar surface area (TPSA) is 67.2 Å². The van der Waals surface area contributed by atoms with Crippen molar-refractivity contribution in [3.63, 3.8) is 0 Å². The summed E-state index contributed by atoms with van der Waals surface area (Å²) in [5.41, 5.74) is 2.16. The standard InChI is InChI=1S/C19H24FN3O2/c1-3-12(2)23-18(14-4-5-14)16(10-22-23)19(25)21-11-17(24)13-6-8-15(20)9-7-13/h6-10,12,14,17,24H,3-5,11H2,1-2H3,(H,21,25). The number of benzene rings is 1. The lowest BCUT2D eigenvalue weighted by Gasteiger charge is -2.15. The zero-order valence-electron chi connectivity index (χ0n) is 14.6. The largest absolute Gasteiger partial charge is 0.387 e. The Kier molecular flexibility index (Phi) is 5.18. The molecule has 0 bridgehead atoms. The third-order valence-corrected chi connectivity index (χ3v) is 4.76. The predicted octanol–water partition coefficient (Wildman–Crippen LogP) is 3.33. The van der Waals surface area contributed by atoms with Gasteiger partial charge >= 0.3 is 0 Å². The fourth-order valence-corrected chi connectivity index (χ4v) is 2.92. The lowest BCUT2D eigenvalue weighted by Crippen LogP contribution is -2.29. The van der Waals surface area contributed by atoms with Crippen LogP contribution in [0.3, 0.4) is 0 Å². The molecule has 1 aliphatic rings. The molecule has 25 heavy (non-hydrogen) atoms. The Bertz CT molecular complexity index is 738. The second-order valence-electron chi connectivity index (χ2n) is 6.70. The second kappa shape index (κ2) is 7.35. The Morgan fingerprint density at radius 2 is 2.08 bits per heavy atom. The van der Waals surface area contributed by atoms with Crippen LogP contribution in [0.5, 0.6) is 0 Å². The van der Waals surface area contributed by atoms with Crippen molar-refractivity contribution in [3.8, 4) is 0 Å². The summed E-state index contributed by atoms with van der Waals surface area (Å²) < 4.78 is 14.9. The summed E-state index contributed by atoms with van der Waals surface area (Å²) in [6.07, 6.45) is 3.87. The molecule has 2 atom stereocenters. The highest BCUT2D eigenvalue weighted by Gasteiger charge is 2.33. The minimum Gasteiger partial charge on any atom is -0.387 e. The Hall–Kier alpha value is -2.21. The van der Waals surface area contributed by atoms with Gasteiger partial charge in [-0.25, -0.2) is 4.39 Å². The molecule has 6 heteroatoms. The van der Waals surface area contributed by atoms with Crippen LogP contribution in [0, 0.1) is 5.82 Å². The van der Waals surface area contributed by atoms with Gasteiger partial charge in [-0.3, -0.25) is 9.48 Å². The fourth-order valence-electron chi connectivity index (χ4n) is 2.92. The molecule has 1 amide bonds. The minimum atomic E-state index is -0.876. The molecule has 1 aliphatic carbocycles. The highest BCUT2D eigenvalue weighted by molar-refractivity contribution is 5.95. The number of nitrogens with one attached hydrogen (secondary N) is 1. The zero-order chi connectivity index (χ0) is 18.0. The maximum atomic E-state index is 12.9. The average molecular weight is 345 g/mol. The van der Waals surface area contributed by atoms with E-state index >= 15 is 0 Å². The molecule has 2 unspecified atom stereocenters. The number of aliphatic hydroxyl groups excluding tert-OH is 1. The van der Waals surface area contributed by atoms with E-state index in [1.165, 1.54) is 24.3 Å². The van der Waals surface area contributed by atoms with Crippen molar-refractivity contribution in [1.29, 1.82) is 0 Å². The lowest BCUT2D eigenvalue weighted by atomic mass is 10.1. The van der Waals surface area contributed by atoms with Crippen molar-refractivity contribution in [1.82, 2.24) is 15.1 Å². The van der Waals surface area contributed by atoms with E-state index in [0.29, 0.717) is 17.0 Å². The molecule has 1 saturated carbocycles. The molecule has 1 aromatic heterocycles. The number of amides is 1. The minimum absolute atomic E-state index is 0.0725. The van der Waals surface area contributed by atoms with Gasteiger partial charge in [-0.15, -0.1) is 0 Å². The number of aromatic nitrogens is 2. The third-order valence-electron chi connectivity index (χ3n) is 4.76. The Balaban J connectivity index is 1.69. The first-order chi connectivity index (χ1) is 12.0. The van der Waals surface area contributed by atoms with Crippen molar-refractivity contribution in [3.05, 3.63) is 53.1 Å². The number of hydrogen-bond acceptors (Lipinski definition) is 3. The fraction of sp³-hybridized carbons (Fsp3) is 0.474. The molecule has 2 N–H and O–H groups in total. The van der Waals surface area contributed by atoms with Crippen LogP contribution in [-0.2, 0) is 0 Å². The maximum Gasteiger partial charge on any atom is 0.254 e. The Morgan fingerprint density at radius 1 is 1.40 bits per heavy atom. The van der Waals surface area contributed by atoms with Crippen LogP contribution in [0.25, 0.3) is 0 Å². The first-order valence-corrected chi connectivity index (χ1v) is 8.80. The van der Waals surface area contributed by atoms with Crippen LogP contribution in [-0.4, -0.2) is 27.3 Å². The van der Waals surface area contributed by atoms with E-state index in [1.807, 2.05) is 4.68 Å². The van der Waals surface area contributed by atoms with Crippen molar-refractivity contribution in [2.45, 2.75) is 51.2 Å². The molecule has 0 spiro atoms. The monoisotopic (exact) mass is 345 g/mol. The van der Waals surface area contributed by atoms with Crippen molar-refractivity contribution in [2.75, 3.05) is 6.54 Å². The van der Waals surface area contributed by atoms with Gasteiger partial charge in [-0.2, -0.15) is 5.10 Å². The molecular formula is C19H24FN3O2. The SMILES string of the molecule is CCC(C)n1ncc(C(=O)NCC(O)c2ccc(F)cc2)c1C1CC1. The smallest absolute Gasteiger partial charge is 0.254 e. The lowest BCUT2D eigenvalue weighted by molar-refractivity contribution is 0.0915. The van der Waals surface area contributed by atoms with E-state index in [1.54, 1.807) is 6.20 Å². The number of aliphatic hydroxyl groups is 1. The number of halogens is 1. The van der Waals surface area contributed by atoms with Gasteiger partial charge < -0.3 is 10.4 Å². The second-order valence-corrected chi connectivity index (χ2v) is 6.70. The number of carbonyl (C=O) groups is 1.